The standard InChI is InChI=1S/C11H15IN2O/c1-8(13)5-6-14-11(15)9-3-2-4-10(12)7-9/h2-4,7-8H,5-6,13H2,1H3,(H,14,15). The van der Waals surface area contributed by atoms with Crippen LogP contribution in [0.2, 0.25) is 0 Å². The predicted molar refractivity (Wildman–Crippen MR) is 69.8 cm³/mol. The van der Waals surface area contributed by atoms with Crippen LogP contribution in [0.5, 0.6) is 0 Å². The second-order valence-electron chi connectivity index (χ2n) is 3.53. The molecule has 1 rings (SSSR count). The number of hydrogen-bond acceptors (Lipinski definition) is 2. The molecule has 1 unspecified atom stereocenters. The number of carbonyl (C=O) groups excluding carboxylic acids is 1. The highest BCUT2D eigenvalue weighted by molar-refractivity contribution is 14.1. The quantitative estimate of drug-likeness (QED) is 0.831. The number of carbonyl (C=O) groups is 1. The molecule has 0 bridgehead atoms. The molecule has 0 heterocycles. The van der Waals surface area contributed by atoms with Gasteiger partial charge in [-0.1, -0.05) is 6.07 Å². The number of nitrogens with two attached hydrogens (primary N) is 1. The molecule has 0 aliphatic heterocycles. The summed E-state index contributed by atoms with van der Waals surface area (Å²) in [6.45, 7) is 2.56. The average molecular weight is 318 g/mol. The predicted octanol–water partition coefficient (Wildman–Crippen LogP) is 1.76. The van der Waals surface area contributed by atoms with Crippen LogP contribution in [0, 0.1) is 3.57 Å². The van der Waals surface area contributed by atoms with E-state index in [-0.39, 0.29) is 11.9 Å². The molecule has 0 radical (unpaired) electrons. The molecule has 3 nitrogen and oxygen atoms in total. The van der Waals surface area contributed by atoms with E-state index in [1.807, 2.05) is 31.2 Å². The van der Waals surface area contributed by atoms with Gasteiger partial charge in [0.05, 0.1) is 0 Å². The molecule has 0 aromatic heterocycles. The van der Waals surface area contributed by atoms with Crippen molar-refractivity contribution in [2.75, 3.05) is 6.54 Å². The Morgan fingerprint density at radius 2 is 2.33 bits per heavy atom. The van der Waals surface area contributed by atoms with Crippen molar-refractivity contribution in [3.05, 3.63) is 33.4 Å². The van der Waals surface area contributed by atoms with Gasteiger partial charge in [-0.05, 0) is 54.1 Å². The topological polar surface area (TPSA) is 55.1 Å². The van der Waals surface area contributed by atoms with E-state index in [0.717, 1.165) is 9.99 Å². The van der Waals surface area contributed by atoms with Crippen LogP contribution in [0.3, 0.4) is 0 Å². The summed E-state index contributed by atoms with van der Waals surface area (Å²) >= 11 is 2.19. The molecule has 1 atom stereocenters. The highest BCUT2D eigenvalue weighted by atomic mass is 127. The Morgan fingerprint density at radius 3 is 2.93 bits per heavy atom. The van der Waals surface area contributed by atoms with Crippen molar-refractivity contribution in [3.63, 3.8) is 0 Å². The van der Waals surface area contributed by atoms with Gasteiger partial charge in [-0.2, -0.15) is 0 Å². The number of halogens is 1. The van der Waals surface area contributed by atoms with Crippen molar-refractivity contribution < 1.29 is 4.79 Å². The van der Waals surface area contributed by atoms with Crippen molar-refractivity contribution >= 4 is 28.5 Å². The van der Waals surface area contributed by atoms with E-state index in [9.17, 15) is 4.79 Å². The van der Waals surface area contributed by atoms with Crippen LogP contribution in [-0.2, 0) is 0 Å². The molecule has 15 heavy (non-hydrogen) atoms. The zero-order valence-corrected chi connectivity index (χ0v) is 10.8. The lowest BCUT2D eigenvalue weighted by Gasteiger charge is -2.07. The highest BCUT2D eigenvalue weighted by Crippen LogP contribution is 2.07. The zero-order chi connectivity index (χ0) is 11.3. The largest absolute Gasteiger partial charge is 0.352 e. The molecule has 0 aliphatic rings. The number of hydrogen-bond donors (Lipinski definition) is 2. The van der Waals surface area contributed by atoms with Crippen molar-refractivity contribution in [1.29, 1.82) is 0 Å². The Balaban J connectivity index is 2.47. The smallest absolute Gasteiger partial charge is 0.251 e. The first kappa shape index (κ1) is 12.4. The second kappa shape index (κ2) is 6.07. The molecule has 4 heteroatoms. The first-order valence-corrected chi connectivity index (χ1v) is 5.97. The molecule has 0 fully saturated rings. The summed E-state index contributed by atoms with van der Waals surface area (Å²) in [6, 6.07) is 7.63. The number of nitrogens with one attached hydrogen (secondary N) is 1. The summed E-state index contributed by atoms with van der Waals surface area (Å²) in [4.78, 5) is 11.6. The van der Waals surface area contributed by atoms with E-state index in [1.165, 1.54) is 0 Å². The lowest BCUT2D eigenvalue weighted by molar-refractivity contribution is 0.0952. The van der Waals surface area contributed by atoms with Gasteiger partial charge in [0, 0.05) is 21.7 Å². The molecule has 1 aromatic carbocycles. The fourth-order valence-corrected chi connectivity index (χ4v) is 1.69. The minimum atomic E-state index is -0.0332. The van der Waals surface area contributed by atoms with Crippen molar-refractivity contribution in [2.45, 2.75) is 19.4 Å². The van der Waals surface area contributed by atoms with Crippen LogP contribution in [0.25, 0.3) is 0 Å². The Bertz CT molecular complexity index is 339. The van der Waals surface area contributed by atoms with Crippen LogP contribution < -0.4 is 11.1 Å². The molecule has 0 spiro atoms. The molecular weight excluding hydrogens is 303 g/mol. The SMILES string of the molecule is CC(N)CCNC(=O)c1cccc(I)c1. The minimum Gasteiger partial charge on any atom is -0.352 e. The van der Waals surface area contributed by atoms with Gasteiger partial charge in [0.25, 0.3) is 5.91 Å². The van der Waals surface area contributed by atoms with Crippen LogP contribution in [-0.4, -0.2) is 18.5 Å². The second-order valence-corrected chi connectivity index (χ2v) is 4.78. The number of rotatable bonds is 4. The van der Waals surface area contributed by atoms with Gasteiger partial charge in [0.15, 0.2) is 0 Å². The van der Waals surface area contributed by atoms with Crippen molar-refractivity contribution in [2.24, 2.45) is 5.73 Å². The molecular formula is C11H15IN2O. The van der Waals surface area contributed by atoms with Gasteiger partial charge in [0.1, 0.15) is 0 Å². The Kier molecular flexibility index (Phi) is 5.04. The zero-order valence-electron chi connectivity index (χ0n) is 8.66. The minimum absolute atomic E-state index is 0.0332. The van der Waals surface area contributed by atoms with Crippen LogP contribution in [0.4, 0.5) is 0 Å². The molecule has 82 valence electrons. The third-order valence-corrected chi connectivity index (χ3v) is 2.64. The fraction of sp³-hybridized carbons (Fsp3) is 0.364. The van der Waals surface area contributed by atoms with Crippen LogP contribution in [0.1, 0.15) is 23.7 Å². The van der Waals surface area contributed by atoms with E-state index < -0.39 is 0 Å². The molecule has 0 saturated heterocycles. The molecule has 1 amide bonds. The van der Waals surface area contributed by atoms with Crippen LogP contribution in [0.15, 0.2) is 24.3 Å². The third kappa shape index (κ3) is 4.61. The van der Waals surface area contributed by atoms with Crippen molar-refractivity contribution in [1.82, 2.24) is 5.32 Å². The molecule has 3 N–H and O–H groups in total. The summed E-state index contributed by atoms with van der Waals surface area (Å²) in [5.74, 6) is -0.0332. The maximum Gasteiger partial charge on any atom is 0.251 e. The average Bonchev–Trinajstić information content (AvgIpc) is 2.17. The first-order valence-electron chi connectivity index (χ1n) is 4.89. The van der Waals surface area contributed by atoms with E-state index in [1.54, 1.807) is 0 Å². The normalized spacial score (nSPS) is 12.2. The summed E-state index contributed by atoms with van der Waals surface area (Å²) in [7, 11) is 0. The van der Waals surface area contributed by atoms with E-state index in [0.29, 0.717) is 12.1 Å². The number of amides is 1. The van der Waals surface area contributed by atoms with Gasteiger partial charge >= 0.3 is 0 Å². The Hall–Kier alpha value is -0.620. The Morgan fingerprint density at radius 1 is 1.60 bits per heavy atom. The van der Waals surface area contributed by atoms with Gasteiger partial charge in [-0.15, -0.1) is 0 Å². The maximum atomic E-state index is 11.6. The van der Waals surface area contributed by atoms with E-state index in [2.05, 4.69) is 27.9 Å². The summed E-state index contributed by atoms with van der Waals surface area (Å²) in [5.41, 5.74) is 6.29. The lowest BCUT2D eigenvalue weighted by Crippen LogP contribution is -2.28. The summed E-state index contributed by atoms with van der Waals surface area (Å²) in [5, 5.41) is 2.84. The van der Waals surface area contributed by atoms with Gasteiger partial charge in [0.2, 0.25) is 0 Å². The van der Waals surface area contributed by atoms with Gasteiger partial charge < -0.3 is 11.1 Å². The van der Waals surface area contributed by atoms with Gasteiger partial charge in [-0.3, -0.25) is 4.79 Å². The van der Waals surface area contributed by atoms with E-state index >= 15 is 0 Å². The summed E-state index contributed by atoms with van der Waals surface area (Å²) in [6.07, 6.45) is 0.801. The fourth-order valence-electron chi connectivity index (χ4n) is 1.15. The molecule has 0 aliphatic carbocycles. The van der Waals surface area contributed by atoms with E-state index in [4.69, 9.17) is 5.73 Å². The Labute approximate surface area is 104 Å². The molecule has 0 saturated carbocycles. The van der Waals surface area contributed by atoms with Crippen molar-refractivity contribution in [3.8, 4) is 0 Å². The third-order valence-electron chi connectivity index (χ3n) is 1.97. The number of benzene rings is 1. The monoisotopic (exact) mass is 318 g/mol. The highest BCUT2D eigenvalue weighted by Gasteiger charge is 2.04. The lowest BCUT2D eigenvalue weighted by atomic mass is 10.2. The molecule has 1 aromatic rings. The van der Waals surface area contributed by atoms with Crippen LogP contribution >= 0.6 is 22.6 Å². The summed E-state index contributed by atoms with van der Waals surface area (Å²) < 4.78 is 1.06. The van der Waals surface area contributed by atoms with Gasteiger partial charge in [-0.25, -0.2) is 0 Å². The first-order chi connectivity index (χ1) is 7.09. The maximum absolute atomic E-state index is 11.6.